The summed E-state index contributed by atoms with van der Waals surface area (Å²) in [5.41, 5.74) is 1.55. The minimum atomic E-state index is -3.65. The van der Waals surface area contributed by atoms with Crippen LogP contribution < -0.4 is 5.32 Å². The van der Waals surface area contributed by atoms with E-state index in [1.165, 1.54) is 15.6 Å². The number of nitrogens with zero attached hydrogens (tertiary/aromatic N) is 4. The lowest BCUT2D eigenvalue weighted by atomic mass is 9.95. The number of piperidine rings is 1. The number of carbonyl (C=O) groups is 2. The molecule has 29 heavy (non-hydrogen) atoms. The Hall–Kier alpha value is -1.89. The Bertz CT molecular complexity index is 953. The molecule has 0 spiro atoms. The molecule has 4 rings (SSSR count). The van der Waals surface area contributed by atoms with Crippen molar-refractivity contribution in [3.05, 3.63) is 23.0 Å². The van der Waals surface area contributed by atoms with Crippen LogP contribution in [-0.4, -0.2) is 65.3 Å². The summed E-state index contributed by atoms with van der Waals surface area (Å²) in [5.74, 6) is -0.472. The molecule has 2 aliphatic heterocycles. The molecular weight excluding hydrogens is 434 g/mol. The van der Waals surface area contributed by atoms with Gasteiger partial charge in [0.2, 0.25) is 16.9 Å². The van der Waals surface area contributed by atoms with Crippen molar-refractivity contribution < 1.29 is 18.0 Å². The molecule has 0 radical (unpaired) electrons. The molecular formula is C17H21N5O4S3. The quantitative estimate of drug-likeness (QED) is 0.733. The predicted octanol–water partition coefficient (Wildman–Crippen LogP) is 1.63. The zero-order valence-electron chi connectivity index (χ0n) is 15.6. The van der Waals surface area contributed by atoms with Crippen molar-refractivity contribution in [2.24, 2.45) is 5.92 Å². The third-order valence-corrected chi connectivity index (χ3v) is 9.20. The standard InChI is InChI=1S/C17H21N5O4S3/c23-15(19-17-20-18-11-28-17)12-5-8-21(9-6-12)16(24)13-3-1-7-22(13)29(25,26)14-4-2-10-27-14/h2,4,10-13H,1,3,5-9H2,(H,19,20,23). The van der Waals surface area contributed by atoms with Crippen LogP contribution in [0.2, 0.25) is 0 Å². The van der Waals surface area contributed by atoms with Crippen molar-refractivity contribution in [3.63, 3.8) is 0 Å². The maximum Gasteiger partial charge on any atom is 0.253 e. The number of likely N-dealkylation sites (tertiary alicyclic amines) is 1. The predicted molar refractivity (Wildman–Crippen MR) is 109 cm³/mol. The molecule has 9 nitrogen and oxygen atoms in total. The highest BCUT2D eigenvalue weighted by molar-refractivity contribution is 7.91. The van der Waals surface area contributed by atoms with Gasteiger partial charge in [-0.1, -0.05) is 17.4 Å². The number of hydrogen-bond donors (Lipinski definition) is 1. The Labute approximate surface area is 176 Å². The number of anilines is 1. The topological polar surface area (TPSA) is 113 Å². The summed E-state index contributed by atoms with van der Waals surface area (Å²) in [5, 5.41) is 12.4. The highest BCUT2D eigenvalue weighted by Crippen LogP contribution is 2.30. The van der Waals surface area contributed by atoms with Gasteiger partial charge in [0.1, 0.15) is 15.8 Å². The maximum absolute atomic E-state index is 13.1. The third kappa shape index (κ3) is 4.20. The summed E-state index contributed by atoms with van der Waals surface area (Å²) in [6.07, 6.45) is 2.28. The van der Waals surface area contributed by atoms with Crippen LogP contribution >= 0.6 is 22.7 Å². The maximum atomic E-state index is 13.1. The van der Waals surface area contributed by atoms with Crippen LogP contribution in [0, 0.1) is 5.92 Å². The lowest BCUT2D eigenvalue weighted by Crippen LogP contribution is -2.50. The largest absolute Gasteiger partial charge is 0.341 e. The fraction of sp³-hybridized carbons (Fsp3) is 0.529. The van der Waals surface area contributed by atoms with Crippen LogP contribution in [0.3, 0.4) is 0 Å². The number of amides is 2. The van der Waals surface area contributed by atoms with Gasteiger partial charge < -0.3 is 10.2 Å². The van der Waals surface area contributed by atoms with E-state index in [-0.39, 0.29) is 21.9 Å². The normalized spacial score (nSPS) is 21.4. The van der Waals surface area contributed by atoms with Gasteiger partial charge in [0, 0.05) is 25.6 Å². The van der Waals surface area contributed by atoms with Crippen LogP contribution in [0.25, 0.3) is 0 Å². The van der Waals surface area contributed by atoms with E-state index in [1.807, 2.05) is 0 Å². The second-order valence-electron chi connectivity index (χ2n) is 7.04. The van der Waals surface area contributed by atoms with E-state index in [9.17, 15) is 18.0 Å². The summed E-state index contributed by atoms with van der Waals surface area (Å²) < 4.78 is 27.4. The first-order chi connectivity index (χ1) is 14.0. The van der Waals surface area contributed by atoms with Gasteiger partial charge in [-0.25, -0.2) is 8.42 Å². The molecule has 2 aromatic heterocycles. The molecule has 0 aliphatic carbocycles. The van der Waals surface area contributed by atoms with Gasteiger partial charge in [0.15, 0.2) is 0 Å². The molecule has 2 aromatic rings. The van der Waals surface area contributed by atoms with Gasteiger partial charge in [0.25, 0.3) is 10.0 Å². The van der Waals surface area contributed by atoms with Crippen molar-refractivity contribution in [3.8, 4) is 0 Å². The summed E-state index contributed by atoms with van der Waals surface area (Å²) in [6.45, 7) is 1.24. The van der Waals surface area contributed by atoms with E-state index in [2.05, 4.69) is 15.5 Å². The van der Waals surface area contributed by atoms with Gasteiger partial charge >= 0.3 is 0 Å². The third-order valence-electron chi connectivity index (χ3n) is 5.31. The van der Waals surface area contributed by atoms with Gasteiger partial charge in [-0.05, 0) is 37.1 Å². The molecule has 1 unspecified atom stereocenters. The minimum absolute atomic E-state index is 0.114. The highest BCUT2D eigenvalue weighted by Gasteiger charge is 2.42. The number of nitrogens with one attached hydrogen (secondary N) is 1. The number of hydrogen-bond acceptors (Lipinski definition) is 8. The van der Waals surface area contributed by atoms with Crippen molar-refractivity contribution >= 4 is 49.6 Å². The number of rotatable bonds is 5. The zero-order chi connectivity index (χ0) is 20.4. The zero-order valence-corrected chi connectivity index (χ0v) is 18.0. The Morgan fingerprint density at radius 3 is 2.59 bits per heavy atom. The summed E-state index contributed by atoms with van der Waals surface area (Å²) in [6, 6.07) is 2.61. The van der Waals surface area contributed by atoms with E-state index in [0.29, 0.717) is 50.4 Å². The average Bonchev–Trinajstić information content (AvgIpc) is 3.49. The van der Waals surface area contributed by atoms with Gasteiger partial charge in [-0.3, -0.25) is 9.59 Å². The summed E-state index contributed by atoms with van der Waals surface area (Å²) >= 11 is 2.42. The van der Waals surface area contributed by atoms with E-state index in [1.54, 1.807) is 27.9 Å². The molecule has 156 valence electrons. The van der Waals surface area contributed by atoms with Crippen LogP contribution in [0.1, 0.15) is 25.7 Å². The molecule has 12 heteroatoms. The van der Waals surface area contributed by atoms with Crippen molar-refractivity contribution in [1.82, 2.24) is 19.4 Å². The lowest BCUT2D eigenvalue weighted by Gasteiger charge is -2.34. The molecule has 2 saturated heterocycles. The molecule has 0 aromatic carbocycles. The molecule has 2 fully saturated rings. The van der Waals surface area contributed by atoms with Crippen molar-refractivity contribution in [2.75, 3.05) is 25.0 Å². The SMILES string of the molecule is O=C(Nc1nncs1)C1CCN(C(=O)C2CCCN2S(=O)(=O)c2cccs2)CC1. The van der Waals surface area contributed by atoms with E-state index < -0.39 is 16.1 Å². The first-order valence-corrected chi connectivity index (χ1v) is 12.6. The van der Waals surface area contributed by atoms with E-state index in [0.717, 1.165) is 11.3 Å². The van der Waals surface area contributed by atoms with Crippen molar-refractivity contribution in [1.29, 1.82) is 0 Å². The van der Waals surface area contributed by atoms with E-state index in [4.69, 9.17) is 0 Å². The Kier molecular flexibility index (Phi) is 5.95. The number of thiophene rings is 1. The first kappa shape index (κ1) is 20.4. The van der Waals surface area contributed by atoms with Crippen LogP contribution in [0.15, 0.2) is 27.2 Å². The van der Waals surface area contributed by atoms with E-state index >= 15 is 0 Å². The van der Waals surface area contributed by atoms with Crippen LogP contribution in [0.4, 0.5) is 5.13 Å². The highest BCUT2D eigenvalue weighted by atomic mass is 32.2. The number of aromatic nitrogens is 2. The van der Waals surface area contributed by atoms with Gasteiger partial charge in [0.05, 0.1) is 0 Å². The van der Waals surface area contributed by atoms with Crippen molar-refractivity contribution in [2.45, 2.75) is 35.9 Å². The molecule has 0 bridgehead atoms. The summed E-state index contributed by atoms with van der Waals surface area (Å²) in [4.78, 5) is 27.1. The lowest BCUT2D eigenvalue weighted by molar-refractivity contribution is -0.137. The second kappa shape index (κ2) is 8.46. The molecule has 4 heterocycles. The minimum Gasteiger partial charge on any atom is -0.341 e. The van der Waals surface area contributed by atoms with Gasteiger partial charge in [-0.2, -0.15) is 4.31 Å². The van der Waals surface area contributed by atoms with Crippen LogP contribution in [0.5, 0.6) is 0 Å². The summed E-state index contributed by atoms with van der Waals surface area (Å²) in [7, 11) is -3.65. The fourth-order valence-electron chi connectivity index (χ4n) is 3.81. The van der Waals surface area contributed by atoms with Crippen LogP contribution in [-0.2, 0) is 19.6 Å². The average molecular weight is 456 g/mol. The molecule has 2 amide bonds. The Balaban J connectivity index is 1.37. The Morgan fingerprint density at radius 2 is 1.93 bits per heavy atom. The smallest absolute Gasteiger partial charge is 0.253 e. The number of carbonyl (C=O) groups excluding carboxylic acids is 2. The molecule has 2 aliphatic rings. The van der Waals surface area contributed by atoms with Gasteiger partial charge in [-0.15, -0.1) is 21.5 Å². The monoisotopic (exact) mass is 455 g/mol. The molecule has 0 saturated carbocycles. The Morgan fingerprint density at radius 1 is 1.14 bits per heavy atom. The fourth-order valence-corrected chi connectivity index (χ4v) is 7.03. The first-order valence-electron chi connectivity index (χ1n) is 9.38. The second-order valence-corrected chi connectivity index (χ2v) is 10.9. The molecule has 1 atom stereocenters. The number of sulfonamides is 1. The molecule has 1 N–H and O–H groups in total.